The van der Waals surface area contributed by atoms with Crippen molar-refractivity contribution in [3.63, 3.8) is 0 Å². The van der Waals surface area contributed by atoms with Gasteiger partial charge in [0.25, 0.3) is 0 Å². The minimum Gasteiger partial charge on any atom is -0.252 e. The summed E-state index contributed by atoms with van der Waals surface area (Å²) in [4.78, 5) is 9.95. The first kappa shape index (κ1) is 32.3. The van der Waals surface area contributed by atoms with Crippen LogP contribution < -0.4 is 0 Å². The molecule has 218 valence electrons. The molecule has 0 spiro atoms. The molecule has 0 radical (unpaired) electrons. The number of pyridine rings is 2. The number of fused-ring (bicyclic) bond motifs is 2. The Morgan fingerprint density at radius 2 is 0.837 bits per heavy atom. The number of hydrogen-bond acceptors (Lipinski definition) is 2. The SMILES string of the molecule is Cc1cccc(-c2nc(C(C)C)cc3ccccc23)c1C.Cc1cccc(-c2nc(C(C)C)cc3ccccc23)c1C.[Ir+3]. The zero-order chi connectivity index (χ0) is 30.0. The van der Waals surface area contributed by atoms with Crippen LogP contribution in [0.4, 0.5) is 0 Å². The van der Waals surface area contributed by atoms with Gasteiger partial charge < -0.3 is 0 Å². The third-order valence-electron chi connectivity index (χ3n) is 8.42. The number of aryl methyl sites for hydroxylation is 2. The van der Waals surface area contributed by atoms with Gasteiger partial charge in [0.05, 0.1) is 11.4 Å². The van der Waals surface area contributed by atoms with Gasteiger partial charge in [-0.2, -0.15) is 0 Å². The predicted molar refractivity (Wildman–Crippen MR) is 181 cm³/mol. The van der Waals surface area contributed by atoms with Gasteiger partial charge in [0.1, 0.15) is 0 Å². The topological polar surface area (TPSA) is 25.8 Å². The molecule has 0 atom stereocenters. The Morgan fingerprint density at radius 3 is 1.21 bits per heavy atom. The summed E-state index contributed by atoms with van der Waals surface area (Å²) in [6, 6.07) is 34.4. The van der Waals surface area contributed by atoms with E-state index in [4.69, 9.17) is 9.97 Å². The van der Waals surface area contributed by atoms with Crippen molar-refractivity contribution >= 4 is 21.5 Å². The maximum Gasteiger partial charge on any atom is 3.00 e. The molecule has 4 aromatic carbocycles. The number of hydrogen-bond donors (Lipinski definition) is 0. The summed E-state index contributed by atoms with van der Waals surface area (Å²) in [6.07, 6.45) is 0. The first-order valence-corrected chi connectivity index (χ1v) is 15.1. The molecule has 0 aliphatic heterocycles. The van der Waals surface area contributed by atoms with Crippen molar-refractivity contribution in [3.05, 3.63) is 131 Å². The number of aromatic nitrogens is 2. The van der Waals surface area contributed by atoms with Crippen molar-refractivity contribution in [1.82, 2.24) is 9.97 Å². The Kier molecular flexibility index (Phi) is 10.3. The molecule has 43 heavy (non-hydrogen) atoms. The average molecular weight is 743 g/mol. The van der Waals surface area contributed by atoms with Crippen molar-refractivity contribution in [1.29, 1.82) is 0 Å². The zero-order valence-corrected chi connectivity index (χ0v) is 29.0. The Hall–Kier alpha value is -3.65. The van der Waals surface area contributed by atoms with Crippen molar-refractivity contribution in [2.24, 2.45) is 0 Å². The second kappa shape index (κ2) is 13.8. The smallest absolute Gasteiger partial charge is 0.252 e. The van der Waals surface area contributed by atoms with Crippen LogP contribution in [0.15, 0.2) is 97.1 Å². The monoisotopic (exact) mass is 743 g/mol. The standard InChI is InChI=1S/2C20H21N.Ir/c2*1-13(2)19-12-16-9-5-6-10-18(16)20(21-19)17-11-7-8-14(3)15(17)4;/h2*5-13H,1-4H3;/q;;+3. The third kappa shape index (κ3) is 6.80. The van der Waals surface area contributed by atoms with E-state index in [9.17, 15) is 0 Å². The average Bonchev–Trinajstić information content (AvgIpc) is 2.99. The molecular weight excluding hydrogens is 701 g/mol. The van der Waals surface area contributed by atoms with E-state index in [1.807, 2.05) is 0 Å². The van der Waals surface area contributed by atoms with Crippen LogP contribution in [0.25, 0.3) is 44.1 Å². The minimum atomic E-state index is 0. The van der Waals surface area contributed by atoms with Crippen LogP contribution in [-0.2, 0) is 20.1 Å². The molecule has 2 aromatic heterocycles. The van der Waals surface area contributed by atoms with E-state index in [0.29, 0.717) is 11.8 Å². The zero-order valence-electron chi connectivity index (χ0n) is 26.6. The van der Waals surface area contributed by atoms with E-state index in [-0.39, 0.29) is 20.1 Å². The molecular formula is C40H42IrN2+3. The fraction of sp³-hybridized carbons (Fsp3) is 0.250. The van der Waals surface area contributed by atoms with Gasteiger partial charge in [-0.1, -0.05) is 113 Å². The number of benzene rings is 4. The largest absolute Gasteiger partial charge is 3.00 e. The van der Waals surface area contributed by atoms with Crippen LogP contribution in [0.5, 0.6) is 0 Å². The molecule has 0 saturated heterocycles. The van der Waals surface area contributed by atoms with Gasteiger partial charge in [0, 0.05) is 33.3 Å². The Morgan fingerprint density at radius 1 is 0.465 bits per heavy atom. The van der Waals surface area contributed by atoms with E-state index < -0.39 is 0 Å². The molecule has 0 saturated carbocycles. The quantitative estimate of drug-likeness (QED) is 0.180. The molecule has 0 amide bonds. The molecule has 2 heterocycles. The maximum atomic E-state index is 4.97. The summed E-state index contributed by atoms with van der Waals surface area (Å²) in [7, 11) is 0. The molecule has 0 unspecified atom stereocenters. The van der Waals surface area contributed by atoms with E-state index in [1.54, 1.807) is 0 Å². The Labute approximate surface area is 271 Å². The first-order valence-electron chi connectivity index (χ1n) is 15.1. The minimum absolute atomic E-state index is 0. The normalized spacial score (nSPS) is 11.0. The van der Waals surface area contributed by atoms with Gasteiger partial charge >= 0.3 is 20.1 Å². The number of nitrogens with zero attached hydrogens (tertiary/aromatic N) is 2. The van der Waals surface area contributed by atoms with Crippen LogP contribution in [0.2, 0.25) is 0 Å². The van der Waals surface area contributed by atoms with Crippen molar-refractivity contribution in [2.45, 2.75) is 67.2 Å². The van der Waals surface area contributed by atoms with Crippen LogP contribution in [0, 0.1) is 27.7 Å². The summed E-state index contributed by atoms with van der Waals surface area (Å²) in [5.41, 5.74) is 12.3. The summed E-state index contributed by atoms with van der Waals surface area (Å²) < 4.78 is 0. The molecule has 2 nitrogen and oxygen atoms in total. The molecule has 3 heteroatoms. The summed E-state index contributed by atoms with van der Waals surface area (Å²) >= 11 is 0. The van der Waals surface area contributed by atoms with Gasteiger partial charge in [-0.15, -0.1) is 0 Å². The molecule has 6 rings (SSSR count). The van der Waals surface area contributed by atoms with Gasteiger partial charge in [0.2, 0.25) is 0 Å². The maximum absolute atomic E-state index is 4.97. The Balaban J connectivity index is 0.000000192. The predicted octanol–water partition coefficient (Wildman–Crippen LogP) is 11.3. The summed E-state index contributed by atoms with van der Waals surface area (Å²) in [5, 5.41) is 5.01. The summed E-state index contributed by atoms with van der Waals surface area (Å²) in [6.45, 7) is 17.5. The van der Waals surface area contributed by atoms with E-state index in [2.05, 4.69) is 152 Å². The second-order valence-corrected chi connectivity index (χ2v) is 12.0. The van der Waals surface area contributed by atoms with Crippen LogP contribution in [-0.4, -0.2) is 9.97 Å². The second-order valence-electron chi connectivity index (χ2n) is 12.0. The molecule has 0 bridgehead atoms. The van der Waals surface area contributed by atoms with E-state index in [1.165, 1.54) is 54.9 Å². The van der Waals surface area contributed by atoms with Gasteiger partial charge in [-0.3, -0.25) is 9.97 Å². The fourth-order valence-corrected chi connectivity index (χ4v) is 5.46. The van der Waals surface area contributed by atoms with E-state index in [0.717, 1.165) is 22.8 Å². The molecule has 0 aliphatic carbocycles. The molecule has 0 N–H and O–H groups in total. The van der Waals surface area contributed by atoms with Crippen molar-refractivity contribution < 1.29 is 20.1 Å². The Bertz CT molecular complexity index is 1750. The molecule has 6 aromatic rings. The first-order chi connectivity index (χ1) is 20.2. The molecule has 0 fully saturated rings. The van der Waals surface area contributed by atoms with Crippen LogP contribution >= 0.6 is 0 Å². The van der Waals surface area contributed by atoms with Crippen molar-refractivity contribution in [2.75, 3.05) is 0 Å². The number of rotatable bonds is 4. The fourth-order valence-electron chi connectivity index (χ4n) is 5.46. The van der Waals surface area contributed by atoms with E-state index >= 15 is 0 Å². The van der Waals surface area contributed by atoms with Crippen molar-refractivity contribution in [3.8, 4) is 22.5 Å². The van der Waals surface area contributed by atoms with Gasteiger partial charge in [-0.25, -0.2) is 0 Å². The molecule has 0 aliphatic rings. The van der Waals surface area contributed by atoms with Gasteiger partial charge in [-0.05, 0) is 84.7 Å². The third-order valence-corrected chi connectivity index (χ3v) is 8.42. The van der Waals surface area contributed by atoms with Crippen LogP contribution in [0.3, 0.4) is 0 Å². The van der Waals surface area contributed by atoms with Gasteiger partial charge in [0.15, 0.2) is 0 Å². The van der Waals surface area contributed by atoms with Crippen LogP contribution in [0.1, 0.15) is 73.2 Å². The summed E-state index contributed by atoms with van der Waals surface area (Å²) in [5.74, 6) is 0.858.